The van der Waals surface area contributed by atoms with Crippen LogP contribution in [-0.2, 0) is 6.54 Å². The molecule has 1 aliphatic heterocycles. The monoisotopic (exact) mass is 284 g/mol. The Bertz CT molecular complexity index is 718. The Kier molecular flexibility index (Phi) is 3.21. The smallest absolute Gasteiger partial charge is 0.259 e. The van der Waals surface area contributed by atoms with Crippen LogP contribution in [0.2, 0.25) is 0 Å². The van der Waals surface area contributed by atoms with Gasteiger partial charge in [-0.1, -0.05) is 0 Å². The fourth-order valence-electron chi connectivity index (χ4n) is 2.23. The Hall–Kier alpha value is -2.63. The number of carbonyl (C=O) groups is 2. The fourth-order valence-corrected chi connectivity index (χ4v) is 2.23. The lowest BCUT2D eigenvalue weighted by Crippen LogP contribution is -2.19. The van der Waals surface area contributed by atoms with E-state index in [-0.39, 0.29) is 11.8 Å². The molecule has 0 fully saturated rings. The number of hydrogen-bond acceptors (Lipinski definition) is 4. The number of nitrogens with one attached hydrogen (secondary N) is 2. The Morgan fingerprint density at radius 2 is 2.00 bits per heavy atom. The van der Waals surface area contributed by atoms with Crippen LogP contribution in [0.1, 0.15) is 46.2 Å². The molecule has 1 aromatic heterocycles. The molecule has 2 heterocycles. The standard InChI is InChI=1S/C15H16N4O2/c1-9(2)19-8-10(7-17-19)6-16-11-3-4-12-13(5-11)15(21)18-14(12)20/h3-5,7-9,16H,6H2,1-2H3,(H,18,20,21). The van der Waals surface area contributed by atoms with E-state index in [9.17, 15) is 9.59 Å². The Labute approximate surface area is 122 Å². The number of rotatable bonds is 4. The van der Waals surface area contributed by atoms with E-state index in [1.165, 1.54) is 0 Å². The first-order valence-corrected chi connectivity index (χ1v) is 6.81. The zero-order valence-electron chi connectivity index (χ0n) is 11.9. The predicted octanol–water partition coefficient (Wildman–Crippen LogP) is 1.96. The normalized spacial score (nSPS) is 13.5. The molecule has 0 bridgehead atoms. The van der Waals surface area contributed by atoms with Crippen molar-refractivity contribution in [3.05, 3.63) is 47.3 Å². The van der Waals surface area contributed by atoms with Gasteiger partial charge in [0.15, 0.2) is 0 Å². The van der Waals surface area contributed by atoms with Crippen LogP contribution in [0, 0.1) is 0 Å². The molecule has 1 aromatic carbocycles. The Morgan fingerprint density at radius 3 is 2.71 bits per heavy atom. The summed E-state index contributed by atoms with van der Waals surface area (Å²) in [6, 6.07) is 5.48. The molecule has 0 spiro atoms. The highest BCUT2D eigenvalue weighted by Crippen LogP contribution is 2.20. The predicted molar refractivity (Wildman–Crippen MR) is 78.2 cm³/mol. The lowest BCUT2D eigenvalue weighted by atomic mass is 10.1. The van der Waals surface area contributed by atoms with Crippen LogP contribution in [0.25, 0.3) is 0 Å². The zero-order chi connectivity index (χ0) is 15.0. The Balaban J connectivity index is 1.72. The lowest BCUT2D eigenvalue weighted by Gasteiger charge is -2.06. The molecule has 108 valence electrons. The maximum Gasteiger partial charge on any atom is 0.259 e. The zero-order valence-corrected chi connectivity index (χ0v) is 11.9. The van der Waals surface area contributed by atoms with Crippen LogP contribution in [0.4, 0.5) is 5.69 Å². The highest BCUT2D eigenvalue weighted by atomic mass is 16.2. The number of nitrogens with zero attached hydrogens (tertiary/aromatic N) is 2. The summed E-state index contributed by atoms with van der Waals surface area (Å²) >= 11 is 0. The number of imide groups is 1. The summed E-state index contributed by atoms with van der Waals surface area (Å²) < 4.78 is 1.89. The molecule has 0 saturated carbocycles. The molecule has 2 amide bonds. The first-order valence-electron chi connectivity index (χ1n) is 6.81. The van der Waals surface area contributed by atoms with Crippen LogP contribution in [0.3, 0.4) is 0 Å². The minimum Gasteiger partial charge on any atom is -0.381 e. The summed E-state index contributed by atoms with van der Waals surface area (Å²) in [5.41, 5.74) is 2.71. The first-order chi connectivity index (χ1) is 10.0. The lowest BCUT2D eigenvalue weighted by molar-refractivity contribution is 0.0879. The molecule has 1 aliphatic rings. The number of fused-ring (bicyclic) bond motifs is 1. The molecular formula is C15H16N4O2. The van der Waals surface area contributed by atoms with Crippen LogP contribution >= 0.6 is 0 Å². The molecule has 0 unspecified atom stereocenters. The largest absolute Gasteiger partial charge is 0.381 e. The van der Waals surface area contributed by atoms with E-state index in [1.54, 1.807) is 18.2 Å². The summed E-state index contributed by atoms with van der Waals surface area (Å²) in [7, 11) is 0. The van der Waals surface area contributed by atoms with Gasteiger partial charge in [0.25, 0.3) is 11.8 Å². The number of anilines is 1. The topological polar surface area (TPSA) is 76.0 Å². The van der Waals surface area contributed by atoms with Gasteiger partial charge in [-0.2, -0.15) is 5.10 Å². The van der Waals surface area contributed by atoms with Crippen LogP contribution in [-0.4, -0.2) is 21.6 Å². The van der Waals surface area contributed by atoms with Gasteiger partial charge in [-0.25, -0.2) is 0 Å². The second-order valence-electron chi connectivity index (χ2n) is 5.32. The average Bonchev–Trinajstić information content (AvgIpc) is 3.03. The van der Waals surface area contributed by atoms with Crippen LogP contribution in [0.15, 0.2) is 30.6 Å². The van der Waals surface area contributed by atoms with Crippen LogP contribution < -0.4 is 10.6 Å². The molecule has 0 radical (unpaired) electrons. The highest BCUT2D eigenvalue weighted by molar-refractivity contribution is 6.21. The molecule has 2 N–H and O–H groups in total. The van der Waals surface area contributed by atoms with Crippen molar-refractivity contribution in [1.82, 2.24) is 15.1 Å². The van der Waals surface area contributed by atoms with Gasteiger partial charge >= 0.3 is 0 Å². The van der Waals surface area contributed by atoms with Gasteiger partial charge in [0.05, 0.1) is 17.3 Å². The van der Waals surface area contributed by atoms with Crippen molar-refractivity contribution >= 4 is 17.5 Å². The SMILES string of the molecule is CC(C)n1cc(CNc2ccc3c(c2)C(=O)NC3=O)cn1. The maximum absolute atomic E-state index is 11.6. The number of benzene rings is 1. The molecule has 0 atom stereocenters. The van der Waals surface area contributed by atoms with Gasteiger partial charge in [-0.3, -0.25) is 19.6 Å². The van der Waals surface area contributed by atoms with Gasteiger partial charge in [-0.15, -0.1) is 0 Å². The third kappa shape index (κ3) is 2.52. The highest BCUT2D eigenvalue weighted by Gasteiger charge is 2.26. The number of hydrogen-bond donors (Lipinski definition) is 2. The van der Waals surface area contributed by atoms with Crippen molar-refractivity contribution in [2.45, 2.75) is 26.4 Å². The second-order valence-corrected chi connectivity index (χ2v) is 5.32. The average molecular weight is 284 g/mol. The number of aromatic nitrogens is 2. The molecule has 21 heavy (non-hydrogen) atoms. The molecule has 6 heteroatoms. The van der Waals surface area contributed by atoms with E-state index in [4.69, 9.17) is 0 Å². The van der Waals surface area contributed by atoms with E-state index in [0.29, 0.717) is 23.7 Å². The van der Waals surface area contributed by atoms with Crippen molar-refractivity contribution in [2.75, 3.05) is 5.32 Å². The summed E-state index contributed by atoms with van der Waals surface area (Å²) in [5.74, 6) is -0.675. The van der Waals surface area contributed by atoms with Crippen LogP contribution in [0.5, 0.6) is 0 Å². The summed E-state index contributed by atoms with van der Waals surface area (Å²) in [6.45, 7) is 4.75. The van der Waals surface area contributed by atoms with Gasteiger partial charge in [-0.05, 0) is 32.0 Å². The first kappa shape index (κ1) is 13.4. The molecule has 2 aromatic rings. The van der Waals surface area contributed by atoms with E-state index >= 15 is 0 Å². The van der Waals surface area contributed by atoms with Gasteiger partial charge in [0.1, 0.15) is 0 Å². The van der Waals surface area contributed by atoms with Crippen molar-refractivity contribution in [2.24, 2.45) is 0 Å². The molecule has 3 rings (SSSR count). The summed E-state index contributed by atoms with van der Waals surface area (Å²) in [6.07, 6.45) is 3.80. The molecule has 0 aliphatic carbocycles. The fraction of sp³-hybridized carbons (Fsp3) is 0.267. The molecular weight excluding hydrogens is 268 g/mol. The van der Waals surface area contributed by atoms with E-state index < -0.39 is 0 Å². The van der Waals surface area contributed by atoms with Crippen molar-refractivity contribution < 1.29 is 9.59 Å². The van der Waals surface area contributed by atoms with Gasteiger partial charge in [0.2, 0.25) is 0 Å². The number of amides is 2. The minimum atomic E-state index is -0.341. The van der Waals surface area contributed by atoms with Crippen molar-refractivity contribution in [1.29, 1.82) is 0 Å². The maximum atomic E-state index is 11.6. The van der Waals surface area contributed by atoms with E-state index in [0.717, 1.165) is 11.3 Å². The molecule has 6 nitrogen and oxygen atoms in total. The molecule has 0 saturated heterocycles. The third-order valence-corrected chi connectivity index (χ3v) is 3.42. The van der Waals surface area contributed by atoms with Gasteiger partial charge in [0, 0.05) is 30.0 Å². The quantitative estimate of drug-likeness (QED) is 0.841. The summed E-state index contributed by atoms with van der Waals surface area (Å²) in [4.78, 5) is 23.1. The Morgan fingerprint density at radius 1 is 1.24 bits per heavy atom. The van der Waals surface area contributed by atoms with E-state index in [2.05, 4.69) is 29.6 Å². The van der Waals surface area contributed by atoms with Crippen molar-refractivity contribution in [3.63, 3.8) is 0 Å². The second kappa shape index (κ2) is 5.05. The minimum absolute atomic E-state index is 0.327. The van der Waals surface area contributed by atoms with E-state index in [1.807, 2.05) is 17.1 Å². The summed E-state index contributed by atoms with van der Waals surface area (Å²) in [5, 5.41) is 9.79. The van der Waals surface area contributed by atoms with Gasteiger partial charge < -0.3 is 5.32 Å². The third-order valence-electron chi connectivity index (χ3n) is 3.42. The van der Waals surface area contributed by atoms with Crippen molar-refractivity contribution in [3.8, 4) is 0 Å². The number of carbonyl (C=O) groups excluding carboxylic acids is 2.